The third-order valence-electron chi connectivity index (χ3n) is 3.01. The van der Waals surface area contributed by atoms with Crippen LogP contribution in [0.2, 0.25) is 0 Å². The van der Waals surface area contributed by atoms with Gasteiger partial charge in [-0.25, -0.2) is 4.79 Å². The highest BCUT2D eigenvalue weighted by Gasteiger charge is 2.17. The summed E-state index contributed by atoms with van der Waals surface area (Å²) in [7, 11) is 0. The van der Waals surface area contributed by atoms with E-state index < -0.39 is 17.6 Å². The molecule has 0 saturated carbocycles. The Morgan fingerprint density at radius 2 is 1.96 bits per heavy atom. The quantitative estimate of drug-likeness (QED) is 0.725. The lowest BCUT2D eigenvalue weighted by Crippen LogP contribution is -2.31. The summed E-state index contributed by atoms with van der Waals surface area (Å²) in [6.07, 6.45) is 0. The van der Waals surface area contributed by atoms with E-state index in [4.69, 9.17) is 4.74 Å². The standard InChI is InChI=1S/C15H18N4O4/c1-3-23-12(20)9-16-13-10(2)18-19(14(13)21)15(22)17-11-7-5-4-6-8-11/h4-8,16,18H,3,9H2,1-2H3,(H,17,22). The van der Waals surface area contributed by atoms with Gasteiger partial charge >= 0.3 is 12.0 Å². The SMILES string of the molecule is CCOC(=O)CNc1c(C)[nH]n(C(=O)Nc2ccccc2)c1=O. The summed E-state index contributed by atoms with van der Waals surface area (Å²) < 4.78 is 5.62. The zero-order valence-corrected chi connectivity index (χ0v) is 12.9. The summed E-state index contributed by atoms with van der Waals surface area (Å²) in [5, 5.41) is 7.95. The summed E-state index contributed by atoms with van der Waals surface area (Å²) >= 11 is 0. The average Bonchev–Trinajstić information content (AvgIpc) is 2.81. The fourth-order valence-electron chi connectivity index (χ4n) is 1.97. The van der Waals surface area contributed by atoms with Gasteiger partial charge in [0.25, 0.3) is 5.56 Å². The summed E-state index contributed by atoms with van der Waals surface area (Å²) in [6.45, 7) is 3.43. The van der Waals surface area contributed by atoms with Crippen molar-refractivity contribution >= 4 is 23.4 Å². The van der Waals surface area contributed by atoms with Crippen LogP contribution in [0.25, 0.3) is 0 Å². The summed E-state index contributed by atoms with van der Waals surface area (Å²) in [4.78, 5) is 35.7. The predicted molar refractivity (Wildman–Crippen MR) is 85.8 cm³/mol. The van der Waals surface area contributed by atoms with Gasteiger partial charge in [-0.3, -0.25) is 14.7 Å². The largest absolute Gasteiger partial charge is 0.465 e. The number of nitrogens with zero attached hydrogens (tertiary/aromatic N) is 1. The molecule has 0 bridgehead atoms. The molecule has 0 atom stereocenters. The molecule has 1 heterocycles. The second kappa shape index (κ2) is 7.30. The van der Waals surface area contributed by atoms with Gasteiger partial charge in [-0.1, -0.05) is 18.2 Å². The lowest BCUT2D eigenvalue weighted by Gasteiger charge is -2.04. The first-order valence-electron chi connectivity index (χ1n) is 7.10. The first kappa shape index (κ1) is 16.3. The lowest BCUT2D eigenvalue weighted by molar-refractivity contribution is -0.140. The van der Waals surface area contributed by atoms with E-state index in [1.165, 1.54) is 0 Å². The van der Waals surface area contributed by atoms with Crippen LogP contribution in [-0.2, 0) is 9.53 Å². The molecule has 1 amide bonds. The number of carbonyl (C=O) groups is 2. The number of benzene rings is 1. The minimum Gasteiger partial charge on any atom is -0.465 e. The van der Waals surface area contributed by atoms with Crippen molar-refractivity contribution in [3.05, 3.63) is 46.4 Å². The lowest BCUT2D eigenvalue weighted by atomic mass is 10.3. The monoisotopic (exact) mass is 318 g/mol. The van der Waals surface area contributed by atoms with Crippen LogP contribution < -0.4 is 16.2 Å². The third kappa shape index (κ3) is 4.00. The number of para-hydroxylation sites is 1. The van der Waals surface area contributed by atoms with Crippen molar-refractivity contribution in [2.75, 3.05) is 23.8 Å². The number of hydrogen-bond acceptors (Lipinski definition) is 5. The number of aryl methyl sites for hydroxylation is 1. The molecule has 0 unspecified atom stereocenters. The van der Waals surface area contributed by atoms with Gasteiger partial charge in [0, 0.05) is 5.69 Å². The van der Waals surface area contributed by atoms with Gasteiger partial charge in [0.15, 0.2) is 0 Å². The molecular formula is C15H18N4O4. The fourth-order valence-corrected chi connectivity index (χ4v) is 1.97. The molecular weight excluding hydrogens is 300 g/mol. The number of H-pyrrole nitrogens is 1. The number of ether oxygens (including phenoxy) is 1. The van der Waals surface area contributed by atoms with Crippen molar-refractivity contribution in [1.29, 1.82) is 0 Å². The molecule has 0 fully saturated rings. The van der Waals surface area contributed by atoms with Crippen LogP contribution in [0.5, 0.6) is 0 Å². The number of amides is 1. The van der Waals surface area contributed by atoms with Crippen molar-refractivity contribution in [2.45, 2.75) is 13.8 Å². The van der Waals surface area contributed by atoms with Crippen LogP contribution in [0.1, 0.15) is 12.6 Å². The number of aromatic nitrogens is 2. The third-order valence-corrected chi connectivity index (χ3v) is 3.01. The molecule has 8 nitrogen and oxygen atoms in total. The van der Waals surface area contributed by atoms with E-state index in [1.54, 1.807) is 38.1 Å². The van der Waals surface area contributed by atoms with Crippen LogP contribution in [0.3, 0.4) is 0 Å². The van der Waals surface area contributed by atoms with Crippen LogP contribution in [0.4, 0.5) is 16.2 Å². The minimum atomic E-state index is -0.617. The van der Waals surface area contributed by atoms with Crippen LogP contribution >= 0.6 is 0 Å². The van der Waals surface area contributed by atoms with Crippen molar-refractivity contribution < 1.29 is 14.3 Å². The molecule has 3 N–H and O–H groups in total. The fraction of sp³-hybridized carbons (Fsp3) is 0.267. The van der Waals surface area contributed by atoms with E-state index in [2.05, 4.69) is 15.7 Å². The summed E-state index contributed by atoms with van der Waals surface area (Å²) in [6, 6.07) is 8.15. The number of rotatable bonds is 5. The van der Waals surface area contributed by atoms with Gasteiger partial charge in [-0.2, -0.15) is 4.68 Å². The molecule has 0 spiro atoms. The van der Waals surface area contributed by atoms with E-state index >= 15 is 0 Å². The molecule has 0 aliphatic carbocycles. The topological polar surface area (TPSA) is 105 Å². The molecule has 0 aliphatic rings. The molecule has 2 rings (SSSR count). The van der Waals surface area contributed by atoms with E-state index in [0.29, 0.717) is 11.4 Å². The highest BCUT2D eigenvalue weighted by molar-refractivity contribution is 5.90. The Morgan fingerprint density at radius 3 is 2.61 bits per heavy atom. The Balaban J connectivity index is 2.12. The number of anilines is 2. The van der Waals surface area contributed by atoms with Gasteiger partial charge in [0.2, 0.25) is 0 Å². The molecule has 0 aliphatic heterocycles. The molecule has 0 radical (unpaired) electrons. The molecule has 1 aromatic heterocycles. The van der Waals surface area contributed by atoms with E-state index in [0.717, 1.165) is 4.68 Å². The number of aromatic amines is 1. The van der Waals surface area contributed by atoms with Gasteiger partial charge in [-0.05, 0) is 26.0 Å². The minimum absolute atomic E-state index is 0.151. The van der Waals surface area contributed by atoms with E-state index in [1.807, 2.05) is 6.07 Å². The number of carbonyl (C=O) groups excluding carboxylic acids is 2. The Kier molecular flexibility index (Phi) is 5.19. The highest BCUT2D eigenvalue weighted by atomic mass is 16.5. The Labute approximate surface area is 132 Å². The molecule has 122 valence electrons. The summed E-state index contributed by atoms with van der Waals surface area (Å²) in [5.74, 6) is -0.479. The normalized spacial score (nSPS) is 10.2. The maximum absolute atomic E-state index is 12.2. The van der Waals surface area contributed by atoms with Crippen LogP contribution in [-0.4, -0.2) is 34.9 Å². The smallest absolute Gasteiger partial charge is 0.348 e. The van der Waals surface area contributed by atoms with E-state index in [9.17, 15) is 14.4 Å². The highest BCUT2D eigenvalue weighted by Crippen LogP contribution is 2.08. The zero-order valence-electron chi connectivity index (χ0n) is 12.9. The molecule has 1 aromatic carbocycles. The van der Waals surface area contributed by atoms with Gasteiger partial charge in [-0.15, -0.1) is 0 Å². The van der Waals surface area contributed by atoms with Gasteiger partial charge in [0.1, 0.15) is 12.2 Å². The first-order valence-corrected chi connectivity index (χ1v) is 7.10. The second-order valence-electron chi connectivity index (χ2n) is 4.71. The maximum atomic E-state index is 12.2. The molecule has 8 heteroatoms. The van der Waals surface area contributed by atoms with Crippen molar-refractivity contribution in [2.24, 2.45) is 0 Å². The van der Waals surface area contributed by atoms with Crippen LogP contribution in [0, 0.1) is 6.92 Å². The number of nitrogens with one attached hydrogen (secondary N) is 3. The number of esters is 1. The molecule has 0 saturated heterocycles. The average molecular weight is 318 g/mol. The zero-order chi connectivity index (χ0) is 16.8. The van der Waals surface area contributed by atoms with E-state index in [-0.39, 0.29) is 18.8 Å². The summed E-state index contributed by atoms with van der Waals surface area (Å²) in [5.41, 5.74) is 0.599. The molecule has 2 aromatic rings. The van der Waals surface area contributed by atoms with Crippen molar-refractivity contribution in [1.82, 2.24) is 9.78 Å². The maximum Gasteiger partial charge on any atom is 0.348 e. The Morgan fingerprint density at radius 1 is 1.26 bits per heavy atom. The molecule has 23 heavy (non-hydrogen) atoms. The van der Waals surface area contributed by atoms with Gasteiger partial charge in [0.05, 0.1) is 12.3 Å². The predicted octanol–water partition coefficient (Wildman–Crippen LogP) is 1.54. The Hall–Kier alpha value is -3.03. The Bertz CT molecular complexity index is 749. The van der Waals surface area contributed by atoms with Gasteiger partial charge < -0.3 is 15.4 Å². The van der Waals surface area contributed by atoms with Crippen molar-refractivity contribution in [3.63, 3.8) is 0 Å². The second-order valence-corrected chi connectivity index (χ2v) is 4.71. The number of hydrogen-bond donors (Lipinski definition) is 3. The van der Waals surface area contributed by atoms with Crippen molar-refractivity contribution in [3.8, 4) is 0 Å². The first-order chi connectivity index (χ1) is 11.0. The van der Waals surface area contributed by atoms with Crippen LogP contribution in [0.15, 0.2) is 35.1 Å².